The fraction of sp³-hybridized carbons (Fsp3) is 0.625. The van der Waals surface area contributed by atoms with E-state index >= 15 is 0 Å². The van der Waals surface area contributed by atoms with E-state index in [2.05, 4.69) is 10.4 Å². The van der Waals surface area contributed by atoms with Crippen LogP contribution in [0.5, 0.6) is 0 Å². The zero-order valence-corrected chi connectivity index (χ0v) is 8.36. The molecule has 0 aliphatic rings. The van der Waals surface area contributed by atoms with Crippen LogP contribution in [0.2, 0.25) is 0 Å². The van der Waals surface area contributed by atoms with Crippen LogP contribution in [0.4, 0.5) is 5.82 Å². The molecule has 6 nitrogen and oxygen atoms in total. The third-order valence-electron chi connectivity index (χ3n) is 1.83. The molecule has 0 atom stereocenters. The molecule has 0 radical (unpaired) electrons. The van der Waals surface area contributed by atoms with Crippen molar-refractivity contribution in [3.63, 3.8) is 0 Å². The van der Waals surface area contributed by atoms with Crippen LogP contribution in [-0.4, -0.2) is 21.8 Å². The lowest BCUT2D eigenvalue weighted by Crippen LogP contribution is -2.12. The molecule has 1 N–H and O–H groups in total. The minimum absolute atomic E-state index is 0.0799. The Bertz CT molecular complexity index is 298. The number of nitrogens with zero attached hydrogens (tertiary/aromatic N) is 3. The molecule has 0 saturated carbocycles. The van der Waals surface area contributed by atoms with E-state index in [0.717, 1.165) is 12.1 Å². The fourth-order valence-electron chi connectivity index (χ4n) is 1.26. The maximum absolute atomic E-state index is 10.5. The number of hydrogen-bond donors (Lipinski definition) is 1. The Kier molecular flexibility index (Phi) is 3.58. The fourth-order valence-corrected chi connectivity index (χ4v) is 1.26. The maximum Gasteiger partial charge on any atom is 0.390 e. The Balaban J connectivity index is 2.93. The number of nitro groups is 1. The van der Waals surface area contributed by atoms with E-state index in [1.807, 2.05) is 6.92 Å². The van der Waals surface area contributed by atoms with Gasteiger partial charge in [-0.25, -0.2) is 0 Å². The molecule has 0 saturated heterocycles. The molecule has 14 heavy (non-hydrogen) atoms. The van der Waals surface area contributed by atoms with Crippen LogP contribution in [0.1, 0.15) is 19.0 Å². The monoisotopic (exact) mass is 198 g/mol. The topological polar surface area (TPSA) is 73.0 Å². The first-order chi connectivity index (χ1) is 6.69. The van der Waals surface area contributed by atoms with E-state index in [9.17, 15) is 10.1 Å². The molecule has 0 bridgehead atoms. The summed E-state index contributed by atoms with van der Waals surface area (Å²) in [5.41, 5.74) is 0.848. The second-order valence-electron chi connectivity index (χ2n) is 3.00. The molecule has 1 aromatic rings. The van der Waals surface area contributed by atoms with Gasteiger partial charge >= 0.3 is 5.82 Å². The summed E-state index contributed by atoms with van der Waals surface area (Å²) in [6, 6.07) is 1.51. The summed E-state index contributed by atoms with van der Waals surface area (Å²) in [6.07, 6.45) is 0.912. The second kappa shape index (κ2) is 4.71. The van der Waals surface area contributed by atoms with Gasteiger partial charge in [0.2, 0.25) is 0 Å². The smallest absolute Gasteiger partial charge is 0.358 e. The van der Waals surface area contributed by atoms with Gasteiger partial charge in [-0.15, -0.1) is 0 Å². The molecule has 1 heterocycles. The summed E-state index contributed by atoms with van der Waals surface area (Å²) >= 11 is 0. The molecule has 0 amide bonds. The van der Waals surface area contributed by atoms with Crippen molar-refractivity contribution >= 4 is 5.82 Å². The molecular weight excluding hydrogens is 184 g/mol. The molecule has 0 aromatic carbocycles. The summed E-state index contributed by atoms with van der Waals surface area (Å²) < 4.78 is 1.68. The van der Waals surface area contributed by atoms with E-state index in [-0.39, 0.29) is 5.82 Å². The Morgan fingerprint density at radius 2 is 2.43 bits per heavy atom. The van der Waals surface area contributed by atoms with Crippen molar-refractivity contribution in [3.05, 3.63) is 21.9 Å². The average molecular weight is 198 g/mol. The highest BCUT2D eigenvalue weighted by molar-refractivity contribution is 5.21. The third-order valence-corrected chi connectivity index (χ3v) is 1.83. The van der Waals surface area contributed by atoms with E-state index in [1.165, 1.54) is 6.07 Å². The molecule has 0 aliphatic heterocycles. The maximum atomic E-state index is 10.5. The van der Waals surface area contributed by atoms with Crippen molar-refractivity contribution in [2.75, 3.05) is 7.05 Å². The van der Waals surface area contributed by atoms with Crippen LogP contribution in [0.15, 0.2) is 6.07 Å². The van der Waals surface area contributed by atoms with Gasteiger partial charge in [-0.05, 0) is 18.4 Å². The van der Waals surface area contributed by atoms with Crippen molar-refractivity contribution in [2.24, 2.45) is 0 Å². The van der Waals surface area contributed by atoms with Crippen LogP contribution >= 0.6 is 0 Å². The van der Waals surface area contributed by atoms with Gasteiger partial charge in [-0.2, -0.15) is 4.68 Å². The Labute approximate surface area is 82.1 Å². The van der Waals surface area contributed by atoms with Crippen LogP contribution in [0.25, 0.3) is 0 Å². The number of hydrogen-bond acceptors (Lipinski definition) is 4. The van der Waals surface area contributed by atoms with Crippen molar-refractivity contribution < 1.29 is 4.92 Å². The molecule has 0 unspecified atom stereocenters. The number of aryl methyl sites for hydroxylation is 1. The molecule has 78 valence electrons. The predicted octanol–water partition coefficient (Wildman–Crippen LogP) is 0.921. The molecule has 6 heteroatoms. The van der Waals surface area contributed by atoms with Crippen molar-refractivity contribution in [3.8, 4) is 0 Å². The summed E-state index contributed by atoms with van der Waals surface area (Å²) in [4.78, 5) is 10.0. The quantitative estimate of drug-likeness (QED) is 0.564. The highest BCUT2D eigenvalue weighted by Crippen LogP contribution is 2.12. The largest absolute Gasteiger partial charge is 0.390 e. The predicted molar refractivity (Wildman–Crippen MR) is 51.9 cm³/mol. The lowest BCUT2D eigenvalue weighted by Gasteiger charge is -1.99. The normalized spacial score (nSPS) is 10.4. The molecular formula is C8H14N4O2. The lowest BCUT2D eigenvalue weighted by molar-refractivity contribution is -0.389. The van der Waals surface area contributed by atoms with Crippen molar-refractivity contribution in [1.29, 1.82) is 0 Å². The average Bonchev–Trinajstić information content (AvgIpc) is 2.50. The highest BCUT2D eigenvalue weighted by Gasteiger charge is 2.16. The molecule has 0 spiro atoms. The van der Waals surface area contributed by atoms with E-state index in [1.54, 1.807) is 11.7 Å². The lowest BCUT2D eigenvalue weighted by atomic mass is 10.4. The van der Waals surface area contributed by atoms with Gasteiger partial charge in [0.05, 0.1) is 23.4 Å². The minimum atomic E-state index is -0.467. The van der Waals surface area contributed by atoms with Gasteiger partial charge in [0.1, 0.15) is 0 Å². The van der Waals surface area contributed by atoms with Crippen LogP contribution in [0.3, 0.4) is 0 Å². The molecule has 1 rings (SSSR count). The summed E-state index contributed by atoms with van der Waals surface area (Å²) in [6.45, 7) is 3.32. The van der Waals surface area contributed by atoms with E-state index in [4.69, 9.17) is 0 Å². The van der Waals surface area contributed by atoms with Crippen LogP contribution in [0, 0.1) is 10.1 Å². The standard InChI is InChI=1S/C8H14N4O2/c1-3-4-11-7(6-9-2)5-8(10-11)12(13)14/h5,9H,3-4,6H2,1-2H3. The van der Waals surface area contributed by atoms with Crippen molar-refractivity contribution in [1.82, 2.24) is 15.1 Å². The first kappa shape index (κ1) is 10.6. The van der Waals surface area contributed by atoms with E-state index in [0.29, 0.717) is 13.1 Å². The van der Waals surface area contributed by atoms with Gasteiger partial charge in [0.15, 0.2) is 0 Å². The molecule has 0 fully saturated rings. The summed E-state index contributed by atoms with van der Waals surface area (Å²) in [7, 11) is 1.80. The zero-order valence-electron chi connectivity index (χ0n) is 8.36. The summed E-state index contributed by atoms with van der Waals surface area (Å²) in [5.74, 6) is -0.0799. The Hall–Kier alpha value is -1.43. The van der Waals surface area contributed by atoms with Gasteiger partial charge in [-0.1, -0.05) is 6.92 Å². The van der Waals surface area contributed by atoms with E-state index < -0.39 is 4.92 Å². The first-order valence-electron chi connectivity index (χ1n) is 4.54. The minimum Gasteiger partial charge on any atom is -0.358 e. The second-order valence-corrected chi connectivity index (χ2v) is 3.00. The van der Waals surface area contributed by atoms with Crippen LogP contribution in [-0.2, 0) is 13.1 Å². The van der Waals surface area contributed by atoms with Crippen molar-refractivity contribution in [2.45, 2.75) is 26.4 Å². The first-order valence-corrected chi connectivity index (χ1v) is 4.54. The zero-order chi connectivity index (χ0) is 10.6. The number of rotatable bonds is 5. The van der Waals surface area contributed by atoms with Gasteiger partial charge in [0, 0.05) is 6.54 Å². The summed E-state index contributed by atoms with van der Waals surface area (Å²) in [5, 5.41) is 17.3. The molecule has 1 aromatic heterocycles. The third kappa shape index (κ3) is 2.29. The molecule has 0 aliphatic carbocycles. The van der Waals surface area contributed by atoms with Gasteiger partial charge < -0.3 is 15.4 Å². The van der Waals surface area contributed by atoms with Gasteiger partial charge in [0.25, 0.3) is 0 Å². The highest BCUT2D eigenvalue weighted by atomic mass is 16.6. The Morgan fingerprint density at radius 3 is 2.93 bits per heavy atom. The number of aromatic nitrogens is 2. The van der Waals surface area contributed by atoms with Gasteiger partial charge in [-0.3, -0.25) is 0 Å². The number of nitrogens with one attached hydrogen (secondary N) is 1. The Morgan fingerprint density at radius 1 is 1.71 bits per heavy atom. The SMILES string of the molecule is CCCn1nc([N+](=O)[O-])cc1CNC. The van der Waals surface area contributed by atoms with Crippen LogP contribution < -0.4 is 5.32 Å².